The van der Waals surface area contributed by atoms with Gasteiger partial charge in [-0.1, -0.05) is 43.5 Å². The van der Waals surface area contributed by atoms with Crippen LogP contribution >= 0.6 is 0 Å². The summed E-state index contributed by atoms with van der Waals surface area (Å²) in [7, 11) is 0. The van der Waals surface area contributed by atoms with Crippen LogP contribution in [-0.4, -0.2) is 19.3 Å². The van der Waals surface area contributed by atoms with Crippen LogP contribution in [0.15, 0.2) is 30.8 Å². The van der Waals surface area contributed by atoms with Crippen molar-refractivity contribution in [2.24, 2.45) is 0 Å². The van der Waals surface area contributed by atoms with Gasteiger partial charge in [-0.05, 0) is 37.5 Å². The zero-order valence-corrected chi connectivity index (χ0v) is 11.9. The topological polar surface area (TPSA) is 18.5 Å². The van der Waals surface area contributed by atoms with E-state index in [0.29, 0.717) is 19.3 Å². The molecule has 104 valence electrons. The summed E-state index contributed by atoms with van der Waals surface area (Å²) >= 11 is 0. The molecule has 0 radical (unpaired) electrons. The molecule has 1 aliphatic rings. The Morgan fingerprint density at radius 1 is 1.11 bits per heavy atom. The first-order chi connectivity index (χ1) is 9.25. The lowest BCUT2D eigenvalue weighted by atomic mass is 9.98. The summed E-state index contributed by atoms with van der Waals surface area (Å²) in [6, 6.07) is 8.06. The van der Waals surface area contributed by atoms with Crippen molar-refractivity contribution < 1.29 is 9.47 Å². The fourth-order valence-electron chi connectivity index (χ4n) is 2.44. The zero-order valence-electron chi connectivity index (χ0n) is 11.9. The van der Waals surface area contributed by atoms with Crippen LogP contribution in [-0.2, 0) is 4.74 Å². The van der Waals surface area contributed by atoms with Gasteiger partial charge in [0, 0.05) is 0 Å². The van der Waals surface area contributed by atoms with Gasteiger partial charge in [0.2, 0.25) is 0 Å². The van der Waals surface area contributed by atoms with Gasteiger partial charge in [-0.15, -0.1) is 0 Å². The molecule has 0 aromatic heterocycles. The van der Waals surface area contributed by atoms with E-state index in [-0.39, 0.29) is 0 Å². The molecule has 2 heteroatoms. The maximum atomic E-state index is 5.83. The maximum Gasteiger partial charge on any atom is 0.119 e. The average molecular weight is 260 g/mol. The molecule has 0 heterocycles. The van der Waals surface area contributed by atoms with Gasteiger partial charge in [-0.3, -0.25) is 0 Å². The molecule has 0 spiro atoms. The van der Waals surface area contributed by atoms with Gasteiger partial charge in [0.1, 0.15) is 12.4 Å². The summed E-state index contributed by atoms with van der Waals surface area (Å²) in [5.74, 6) is 0.900. The second-order valence-corrected chi connectivity index (χ2v) is 5.28. The lowest BCUT2D eigenvalue weighted by Crippen LogP contribution is -2.19. The van der Waals surface area contributed by atoms with Crippen molar-refractivity contribution in [3.8, 4) is 5.75 Å². The first-order valence-corrected chi connectivity index (χ1v) is 7.26. The molecule has 1 aliphatic carbocycles. The van der Waals surface area contributed by atoms with Crippen molar-refractivity contribution in [3.63, 3.8) is 0 Å². The molecule has 0 aliphatic heterocycles. The fraction of sp³-hybridized carbons (Fsp3) is 0.529. The molecule has 0 saturated heterocycles. The zero-order chi connectivity index (χ0) is 13.5. The average Bonchev–Trinajstić information content (AvgIpc) is 2.45. The smallest absolute Gasteiger partial charge is 0.119 e. The van der Waals surface area contributed by atoms with Crippen LogP contribution in [0, 0.1) is 0 Å². The summed E-state index contributed by atoms with van der Waals surface area (Å²) in [6.07, 6.45) is 6.89. The minimum absolute atomic E-state index is 0.461. The van der Waals surface area contributed by atoms with Crippen LogP contribution in [0.2, 0.25) is 0 Å². The molecule has 0 unspecified atom stereocenters. The summed E-state index contributed by atoms with van der Waals surface area (Å²) in [4.78, 5) is 0. The number of allylic oxidation sites excluding steroid dienone is 1. The Bertz CT molecular complexity index is 388. The number of hydrogen-bond donors (Lipinski definition) is 0. The van der Waals surface area contributed by atoms with Gasteiger partial charge in [-0.25, -0.2) is 0 Å². The van der Waals surface area contributed by atoms with Crippen LogP contribution in [0.4, 0.5) is 0 Å². The number of benzene rings is 1. The Balaban J connectivity index is 1.66. The molecule has 1 aromatic carbocycles. The van der Waals surface area contributed by atoms with E-state index >= 15 is 0 Å². The summed E-state index contributed by atoms with van der Waals surface area (Å²) < 4.78 is 11.5. The van der Waals surface area contributed by atoms with Crippen LogP contribution in [0.5, 0.6) is 5.75 Å². The van der Waals surface area contributed by atoms with Gasteiger partial charge in [0.25, 0.3) is 0 Å². The standard InChI is InChI=1S/C17H24O2/c1-14(2)15-8-10-17(11-9-15)19-13-12-18-16-6-4-3-5-7-16/h8-11,16H,1,3-7,12-13H2,2H3. The molecule has 19 heavy (non-hydrogen) atoms. The first-order valence-electron chi connectivity index (χ1n) is 7.26. The van der Waals surface area contributed by atoms with Crippen LogP contribution in [0.1, 0.15) is 44.6 Å². The van der Waals surface area contributed by atoms with Gasteiger partial charge >= 0.3 is 0 Å². The molecule has 1 fully saturated rings. The predicted octanol–water partition coefficient (Wildman–Crippen LogP) is 4.45. The molecule has 1 aromatic rings. The van der Waals surface area contributed by atoms with E-state index in [4.69, 9.17) is 9.47 Å². The Morgan fingerprint density at radius 3 is 2.42 bits per heavy atom. The van der Waals surface area contributed by atoms with Crippen molar-refractivity contribution in [2.75, 3.05) is 13.2 Å². The lowest BCUT2D eigenvalue weighted by molar-refractivity contribution is 0.0129. The second-order valence-electron chi connectivity index (χ2n) is 5.28. The van der Waals surface area contributed by atoms with Gasteiger partial charge in [0.05, 0.1) is 12.7 Å². The van der Waals surface area contributed by atoms with E-state index in [9.17, 15) is 0 Å². The Labute approximate surface area is 116 Å². The van der Waals surface area contributed by atoms with E-state index in [1.807, 2.05) is 31.2 Å². The number of hydrogen-bond acceptors (Lipinski definition) is 2. The van der Waals surface area contributed by atoms with Gasteiger partial charge in [0.15, 0.2) is 0 Å². The van der Waals surface area contributed by atoms with E-state index < -0.39 is 0 Å². The third-order valence-electron chi connectivity index (χ3n) is 3.60. The quantitative estimate of drug-likeness (QED) is 0.704. The van der Waals surface area contributed by atoms with E-state index in [0.717, 1.165) is 16.9 Å². The molecule has 0 bridgehead atoms. The summed E-state index contributed by atoms with van der Waals surface area (Å²) in [6.45, 7) is 7.24. The highest BCUT2D eigenvalue weighted by molar-refractivity contribution is 5.61. The number of ether oxygens (including phenoxy) is 2. The third-order valence-corrected chi connectivity index (χ3v) is 3.60. The predicted molar refractivity (Wildman–Crippen MR) is 79.5 cm³/mol. The highest BCUT2D eigenvalue weighted by Crippen LogP contribution is 2.20. The highest BCUT2D eigenvalue weighted by atomic mass is 16.5. The number of rotatable bonds is 6. The molecule has 0 atom stereocenters. The highest BCUT2D eigenvalue weighted by Gasteiger charge is 2.13. The first kappa shape index (κ1) is 14.1. The van der Waals surface area contributed by atoms with Crippen molar-refractivity contribution in [2.45, 2.75) is 45.1 Å². The van der Waals surface area contributed by atoms with Crippen molar-refractivity contribution >= 4 is 5.57 Å². The normalized spacial score (nSPS) is 16.3. The third kappa shape index (κ3) is 4.71. The molecule has 0 amide bonds. The molecule has 2 nitrogen and oxygen atoms in total. The van der Waals surface area contributed by atoms with Crippen molar-refractivity contribution in [3.05, 3.63) is 36.4 Å². The molecule has 0 N–H and O–H groups in total. The van der Waals surface area contributed by atoms with E-state index in [1.54, 1.807) is 0 Å². The van der Waals surface area contributed by atoms with E-state index in [1.165, 1.54) is 32.1 Å². The Kier molecular flexibility index (Phi) is 5.46. The molecule has 1 saturated carbocycles. The molecular weight excluding hydrogens is 236 g/mol. The maximum absolute atomic E-state index is 5.83. The molecular formula is C17H24O2. The van der Waals surface area contributed by atoms with Crippen molar-refractivity contribution in [1.82, 2.24) is 0 Å². The largest absolute Gasteiger partial charge is 0.491 e. The van der Waals surface area contributed by atoms with Crippen LogP contribution < -0.4 is 4.74 Å². The Hall–Kier alpha value is -1.28. The van der Waals surface area contributed by atoms with Gasteiger partial charge < -0.3 is 9.47 Å². The van der Waals surface area contributed by atoms with Gasteiger partial charge in [-0.2, -0.15) is 0 Å². The SMILES string of the molecule is C=C(C)c1ccc(OCCOC2CCCCC2)cc1. The van der Waals surface area contributed by atoms with Crippen LogP contribution in [0.3, 0.4) is 0 Å². The minimum Gasteiger partial charge on any atom is -0.491 e. The van der Waals surface area contributed by atoms with E-state index in [2.05, 4.69) is 6.58 Å². The monoisotopic (exact) mass is 260 g/mol. The summed E-state index contributed by atoms with van der Waals surface area (Å²) in [5.41, 5.74) is 2.23. The lowest BCUT2D eigenvalue weighted by Gasteiger charge is -2.21. The molecule has 2 rings (SSSR count). The fourth-order valence-corrected chi connectivity index (χ4v) is 2.44. The van der Waals surface area contributed by atoms with Crippen LogP contribution in [0.25, 0.3) is 5.57 Å². The van der Waals surface area contributed by atoms with Crippen molar-refractivity contribution in [1.29, 1.82) is 0 Å². The summed E-state index contributed by atoms with van der Waals surface area (Å²) in [5, 5.41) is 0. The minimum atomic E-state index is 0.461. The Morgan fingerprint density at radius 2 is 1.79 bits per heavy atom. The second kappa shape index (κ2) is 7.34.